The van der Waals surface area contributed by atoms with E-state index in [1.165, 1.54) is 12.8 Å². The second-order valence-corrected chi connectivity index (χ2v) is 6.56. The SMILES string of the molecule is N#C[C@]12CCCC[C@@H]1C[C@@H]1CCCC[C@@]1(C#N)N2N. The molecule has 3 aliphatic rings. The fourth-order valence-corrected chi connectivity index (χ4v) is 4.82. The van der Waals surface area contributed by atoms with Crippen LogP contribution in [0.1, 0.15) is 57.8 Å². The molecule has 4 heteroatoms. The van der Waals surface area contributed by atoms with Crippen molar-refractivity contribution in [2.45, 2.75) is 68.9 Å². The number of rotatable bonds is 0. The van der Waals surface area contributed by atoms with E-state index in [0.717, 1.165) is 44.9 Å². The molecule has 0 aromatic heterocycles. The summed E-state index contributed by atoms with van der Waals surface area (Å²) in [6.45, 7) is 0. The van der Waals surface area contributed by atoms with E-state index in [-0.39, 0.29) is 0 Å². The lowest BCUT2D eigenvalue weighted by atomic mass is 9.58. The predicted molar refractivity (Wildman–Crippen MR) is 71.2 cm³/mol. The standard InChI is InChI=1S/C15H22N4/c16-10-14-7-3-1-5-12(14)9-13-6-2-4-8-15(13,11-17)19(14)18/h12-13H,1-9,18H2/t12-,13+,14-,15+. The highest BCUT2D eigenvalue weighted by molar-refractivity contribution is 5.26. The van der Waals surface area contributed by atoms with Crippen LogP contribution in [0, 0.1) is 34.5 Å². The molecule has 0 spiro atoms. The summed E-state index contributed by atoms with van der Waals surface area (Å²) in [5.74, 6) is 7.15. The van der Waals surface area contributed by atoms with E-state index in [9.17, 15) is 10.5 Å². The maximum atomic E-state index is 9.77. The van der Waals surface area contributed by atoms with Crippen molar-refractivity contribution < 1.29 is 0 Å². The Kier molecular flexibility index (Phi) is 3.04. The first-order valence-electron chi connectivity index (χ1n) is 7.57. The maximum absolute atomic E-state index is 9.77. The minimum atomic E-state index is -0.582. The Morgan fingerprint density at radius 2 is 1.37 bits per heavy atom. The second-order valence-electron chi connectivity index (χ2n) is 6.56. The lowest BCUT2D eigenvalue weighted by Gasteiger charge is -2.59. The lowest BCUT2D eigenvalue weighted by molar-refractivity contribution is -0.113. The lowest BCUT2D eigenvalue weighted by Crippen LogP contribution is -2.73. The Morgan fingerprint density at radius 1 is 0.895 bits per heavy atom. The van der Waals surface area contributed by atoms with E-state index in [1.54, 1.807) is 5.01 Å². The third-order valence-corrected chi connectivity index (χ3v) is 5.89. The number of hydrogen-bond acceptors (Lipinski definition) is 4. The van der Waals surface area contributed by atoms with Crippen LogP contribution in [0.3, 0.4) is 0 Å². The summed E-state index contributed by atoms with van der Waals surface area (Å²) in [7, 11) is 0. The first kappa shape index (κ1) is 12.9. The van der Waals surface area contributed by atoms with Crippen LogP contribution in [0.15, 0.2) is 0 Å². The van der Waals surface area contributed by atoms with Gasteiger partial charge in [0.2, 0.25) is 0 Å². The minimum absolute atomic E-state index is 0.362. The number of nitriles is 2. The molecule has 3 fully saturated rings. The van der Waals surface area contributed by atoms with Gasteiger partial charge >= 0.3 is 0 Å². The van der Waals surface area contributed by atoms with Gasteiger partial charge < -0.3 is 0 Å². The van der Waals surface area contributed by atoms with Crippen molar-refractivity contribution in [2.24, 2.45) is 17.7 Å². The summed E-state index contributed by atoms with van der Waals surface area (Å²) in [5.41, 5.74) is -1.16. The van der Waals surface area contributed by atoms with Crippen molar-refractivity contribution >= 4 is 0 Å². The van der Waals surface area contributed by atoms with Crippen molar-refractivity contribution in [2.75, 3.05) is 0 Å². The highest BCUT2D eigenvalue weighted by Gasteiger charge is 2.61. The molecule has 0 amide bonds. The zero-order valence-corrected chi connectivity index (χ0v) is 11.4. The summed E-state index contributed by atoms with van der Waals surface area (Å²) < 4.78 is 0. The molecule has 102 valence electrons. The zero-order valence-electron chi connectivity index (χ0n) is 11.4. The molecule has 0 aromatic rings. The van der Waals surface area contributed by atoms with Crippen LogP contribution in [-0.4, -0.2) is 16.1 Å². The zero-order chi connectivity index (χ0) is 13.5. The number of fused-ring (bicyclic) bond motifs is 2. The van der Waals surface area contributed by atoms with E-state index in [2.05, 4.69) is 12.1 Å². The number of piperidine rings is 1. The number of hydrogen-bond donors (Lipinski definition) is 1. The molecular weight excluding hydrogens is 236 g/mol. The molecule has 3 rings (SSSR count). The van der Waals surface area contributed by atoms with Crippen LogP contribution in [0.4, 0.5) is 0 Å². The normalized spacial score (nSPS) is 46.5. The summed E-state index contributed by atoms with van der Waals surface area (Å²) >= 11 is 0. The van der Waals surface area contributed by atoms with Gasteiger partial charge in [-0.1, -0.05) is 25.7 Å². The fraction of sp³-hybridized carbons (Fsp3) is 0.867. The third kappa shape index (κ3) is 1.57. The summed E-state index contributed by atoms with van der Waals surface area (Å²) in [6, 6.07) is 5.02. The van der Waals surface area contributed by atoms with E-state index < -0.39 is 11.1 Å². The van der Waals surface area contributed by atoms with Crippen LogP contribution in [0.5, 0.6) is 0 Å². The topological polar surface area (TPSA) is 76.8 Å². The molecule has 4 atom stereocenters. The van der Waals surface area contributed by atoms with Gasteiger partial charge in [-0.15, -0.1) is 0 Å². The van der Waals surface area contributed by atoms with Gasteiger partial charge in [-0.25, -0.2) is 5.01 Å². The van der Waals surface area contributed by atoms with Gasteiger partial charge in [-0.05, 0) is 43.9 Å². The second kappa shape index (κ2) is 4.47. The van der Waals surface area contributed by atoms with Crippen molar-refractivity contribution in [1.82, 2.24) is 5.01 Å². The minimum Gasteiger partial charge on any atom is -0.266 e. The van der Waals surface area contributed by atoms with Gasteiger partial charge in [0.05, 0.1) is 12.1 Å². The smallest absolute Gasteiger partial charge is 0.126 e. The Balaban J connectivity index is 2.04. The van der Waals surface area contributed by atoms with Crippen molar-refractivity contribution in [3.63, 3.8) is 0 Å². The Hall–Kier alpha value is -1.10. The van der Waals surface area contributed by atoms with Gasteiger partial charge in [-0.2, -0.15) is 10.5 Å². The predicted octanol–water partition coefficient (Wildman–Crippen LogP) is 2.47. The average Bonchev–Trinajstić information content (AvgIpc) is 2.48. The van der Waals surface area contributed by atoms with Crippen LogP contribution < -0.4 is 5.84 Å². The Morgan fingerprint density at radius 3 is 1.79 bits per heavy atom. The highest BCUT2D eigenvalue weighted by Crippen LogP contribution is 2.54. The highest BCUT2D eigenvalue weighted by atomic mass is 15.5. The maximum Gasteiger partial charge on any atom is 0.126 e. The summed E-state index contributed by atoms with van der Waals surface area (Å²) in [4.78, 5) is 0. The van der Waals surface area contributed by atoms with Crippen LogP contribution >= 0.6 is 0 Å². The van der Waals surface area contributed by atoms with Gasteiger partial charge in [0.1, 0.15) is 11.1 Å². The molecule has 0 radical (unpaired) electrons. The molecule has 0 aromatic carbocycles. The van der Waals surface area contributed by atoms with E-state index in [4.69, 9.17) is 5.84 Å². The number of hydrazine groups is 1. The van der Waals surface area contributed by atoms with Crippen molar-refractivity contribution in [1.29, 1.82) is 10.5 Å². The van der Waals surface area contributed by atoms with E-state index >= 15 is 0 Å². The van der Waals surface area contributed by atoms with E-state index in [1.807, 2.05) is 0 Å². The molecule has 1 heterocycles. The number of nitrogens with zero attached hydrogens (tertiary/aromatic N) is 3. The molecule has 2 N–H and O–H groups in total. The molecule has 1 saturated heterocycles. The Bertz CT molecular complexity index is 408. The Labute approximate surface area is 115 Å². The van der Waals surface area contributed by atoms with Gasteiger partial charge in [0, 0.05) is 0 Å². The molecule has 2 saturated carbocycles. The molecular formula is C15H22N4. The van der Waals surface area contributed by atoms with Gasteiger partial charge in [0.15, 0.2) is 0 Å². The summed E-state index contributed by atoms with van der Waals surface area (Å²) in [5, 5.41) is 21.3. The first-order valence-corrected chi connectivity index (χ1v) is 7.57. The summed E-state index contributed by atoms with van der Waals surface area (Å²) in [6.07, 6.45) is 9.41. The van der Waals surface area contributed by atoms with Crippen LogP contribution in [0.2, 0.25) is 0 Å². The molecule has 2 aliphatic carbocycles. The van der Waals surface area contributed by atoms with Gasteiger partial charge in [-0.3, -0.25) is 5.84 Å². The van der Waals surface area contributed by atoms with Crippen molar-refractivity contribution in [3.8, 4) is 12.1 Å². The van der Waals surface area contributed by atoms with Crippen LogP contribution in [-0.2, 0) is 0 Å². The first-order chi connectivity index (χ1) is 9.19. The van der Waals surface area contributed by atoms with Crippen LogP contribution in [0.25, 0.3) is 0 Å². The molecule has 4 nitrogen and oxygen atoms in total. The average molecular weight is 258 g/mol. The van der Waals surface area contributed by atoms with Crippen molar-refractivity contribution in [3.05, 3.63) is 0 Å². The fourth-order valence-electron chi connectivity index (χ4n) is 4.82. The largest absolute Gasteiger partial charge is 0.266 e. The molecule has 0 unspecified atom stereocenters. The molecule has 19 heavy (non-hydrogen) atoms. The molecule has 1 aliphatic heterocycles. The quantitative estimate of drug-likeness (QED) is 0.677. The van der Waals surface area contributed by atoms with Gasteiger partial charge in [0.25, 0.3) is 0 Å². The monoisotopic (exact) mass is 258 g/mol. The van der Waals surface area contributed by atoms with E-state index in [0.29, 0.717) is 11.8 Å². The molecule has 0 bridgehead atoms. The third-order valence-electron chi connectivity index (χ3n) is 5.89. The number of nitrogens with two attached hydrogens (primary N) is 1.